The first kappa shape index (κ1) is 19.4. The van der Waals surface area contributed by atoms with E-state index in [4.69, 9.17) is 14.2 Å². The van der Waals surface area contributed by atoms with Gasteiger partial charge in [-0.1, -0.05) is 26.7 Å². The Morgan fingerprint density at radius 3 is 2.07 bits per heavy atom. The normalized spacial score (nSPS) is 42.8. The van der Waals surface area contributed by atoms with E-state index in [2.05, 4.69) is 13.8 Å². The number of rotatable bonds is 7. The summed E-state index contributed by atoms with van der Waals surface area (Å²) in [4.78, 5) is 13.5. The molecule has 5 atom stereocenters. The number of esters is 1. The van der Waals surface area contributed by atoms with Crippen molar-refractivity contribution in [1.82, 2.24) is 0 Å². The van der Waals surface area contributed by atoms with E-state index in [9.17, 15) is 4.79 Å². The summed E-state index contributed by atoms with van der Waals surface area (Å²) in [5.74, 6) is 0.805. The number of epoxide rings is 1. The predicted octanol–water partition coefficient (Wildman–Crippen LogP) is 5.38. The maximum atomic E-state index is 13.5. The van der Waals surface area contributed by atoms with Crippen molar-refractivity contribution in [2.45, 2.75) is 114 Å². The molecule has 1 heterocycles. The summed E-state index contributed by atoms with van der Waals surface area (Å²) in [7, 11) is 0. The van der Waals surface area contributed by atoms with Crippen LogP contribution >= 0.6 is 0 Å². The molecule has 0 amide bonds. The van der Waals surface area contributed by atoms with Gasteiger partial charge in [0.2, 0.25) is 0 Å². The van der Waals surface area contributed by atoms with Crippen LogP contribution in [0.15, 0.2) is 0 Å². The summed E-state index contributed by atoms with van der Waals surface area (Å²) in [6.45, 7) is 5.10. The number of ether oxygens (including phenoxy) is 3. The van der Waals surface area contributed by atoms with E-state index in [-0.39, 0.29) is 29.0 Å². The zero-order valence-corrected chi connectivity index (χ0v) is 17.8. The molecule has 4 aliphatic carbocycles. The Balaban J connectivity index is 1.36. The largest absolute Gasteiger partial charge is 0.459 e. The van der Waals surface area contributed by atoms with Gasteiger partial charge >= 0.3 is 5.97 Å². The number of fused-ring (bicyclic) bond motifs is 2. The molecule has 4 nitrogen and oxygen atoms in total. The van der Waals surface area contributed by atoms with E-state index < -0.39 is 5.79 Å². The molecule has 28 heavy (non-hydrogen) atoms. The summed E-state index contributed by atoms with van der Waals surface area (Å²) in [6.07, 6.45) is 14.8. The lowest BCUT2D eigenvalue weighted by Crippen LogP contribution is -2.47. The summed E-state index contributed by atoms with van der Waals surface area (Å²) < 4.78 is 19.3. The van der Waals surface area contributed by atoms with Crippen molar-refractivity contribution in [3.05, 3.63) is 0 Å². The lowest BCUT2D eigenvalue weighted by atomic mass is 9.75. The molecule has 0 aromatic carbocycles. The van der Waals surface area contributed by atoms with Crippen LogP contribution in [0.3, 0.4) is 0 Å². The molecule has 0 aromatic rings. The zero-order chi connectivity index (χ0) is 19.4. The molecule has 0 aromatic heterocycles. The van der Waals surface area contributed by atoms with Crippen molar-refractivity contribution >= 4 is 5.97 Å². The predicted molar refractivity (Wildman–Crippen MR) is 107 cm³/mol. The van der Waals surface area contributed by atoms with Gasteiger partial charge in [-0.25, -0.2) is 0 Å². The first-order chi connectivity index (χ1) is 13.5. The Labute approximate surface area is 170 Å². The molecule has 5 fully saturated rings. The van der Waals surface area contributed by atoms with E-state index in [0.717, 1.165) is 44.9 Å². The second-order valence-corrected chi connectivity index (χ2v) is 10.5. The van der Waals surface area contributed by atoms with E-state index >= 15 is 0 Å². The van der Waals surface area contributed by atoms with Crippen molar-refractivity contribution in [2.75, 3.05) is 6.61 Å². The van der Waals surface area contributed by atoms with Crippen LogP contribution < -0.4 is 0 Å². The summed E-state index contributed by atoms with van der Waals surface area (Å²) >= 11 is 0. The van der Waals surface area contributed by atoms with Gasteiger partial charge in [0.05, 0.1) is 11.5 Å². The summed E-state index contributed by atoms with van der Waals surface area (Å²) in [5, 5.41) is 0. The minimum absolute atomic E-state index is 0.0133. The van der Waals surface area contributed by atoms with Gasteiger partial charge in [0.25, 0.3) is 0 Å². The van der Waals surface area contributed by atoms with Crippen molar-refractivity contribution in [1.29, 1.82) is 0 Å². The van der Waals surface area contributed by atoms with Gasteiger partial charge in [0, 0.05) is 5.92 Å². The molecule has 0 radical (unpaired) electrons. The lowest BCUT2D eigenvalue weighted by molar-refractivity contribution is -0.203. The van der Waals surface area contributed by atoms with Gasteiger partial charge in [0.1, 0.15) is 12.2 Å². The maximum Gasteiger partial charge on any atom is 0.310 e. The van der Waals surface area contributed by atoms with Gasteiger partial charge in [0.15, 0.2) is 5.79 Å². The van der Waals surface area contributed by atoms with Gasteiger partial charge < -0.3 is 14.2 Å². The smallest absolute Gasteiger partial charge is 0.310 e. The standard InChI is InChI=1S/C24H38O4/c1-3-22(11-5-6-12-22)27-21(25)19-17-9-10-18(15-17)20(19)24(16-26-24)28-23(4-2)13-7-8-14-23/h17-20H,3-16H2,1-2H3. The first-order valence-corrected chi connectivity index (χ1v) is 12.1. The molecule has 4 saturated carbocycles. The zero-order valence-electron chi connectivity index (χ0n) is 17.8. The van der Waals surface area contributed by atoms with E-state index in [1.54, 1.807) is 0 Å². The molecule has 4 heteroatoms. The molecule has 0 spiro atoms. The van der Waals surface area contributed by atoms with Crippen LogP contribution in [0.4, 0.5) is 0 Å². The second-order valence-electron chi connectivity index (χ2n) is 10.5. The molecular weight excluding hydrogens is 352 g/mol. The Morgan fingerprint density at radius 1 is 0.929 bits per heavy atom. The number of carbonyl (C=O) groups is 1. The van der Waals surface area contributed by atoms with Gasteiger partial charge in [-0.2, -0.15) is 0 Å². The molecule has 2 bridgehead atoms. The van der Waals surface area contributed by atoms with Crippen molar-refractivity contribution in [3.63, 3.8) is 0 Å². The molecule has 5 aliphatic rings. The van der Waals surface area contributed by atoms with Crippen molar-refractivity contribution in [3.8, 4) is 0 Å². The second kappa shape index (κ2) is 6.97. The Kier molecular flexibility index (Phi) is 4.82. The molecule has 5 unspecified atom stereocenters. The molecule has 0 N–H and O–H groups in total. The number of carbonyl (C=O) groups excluding carboxylic acids is 1. The first-order valence-electron chi connectivity index (χ1n) is 12.1. The fourth-order valence-corrected chi connectivity index (χ4v) is 7.40. The highest BCUT2D eigenvalue weighted by Gasteiger charge is 2.68. The van der Waals surface area contributed by atoms with Crippen LogP contribution in [0.25, 0.3) is 0 Å². The number of hydrogen-bond acceptors (Lipinski definition) is 4. The average Bonchev–Trinajstić information content (AvgIpc) is 3.21. The molecule has 158 valence electrons. The topological polar surface area (TPSA) is 48.1 Å². The minimum atomic E-state index is -0.501. The Hall–Kier alpha value is -0.610. The van der Waals surface area contributed by atoms with E-state index in [1.807, 2.05) is 0 Å². The van der Waals surface area contributed by atoms with Gasteiger partial charge in [-0.05, 0) is 82.5 Å². The fraction of sp³-hybridized carbons (Fsp3) is 0.958. The quantitative estimate of drug-likeness (QED) is 0.432. The van der Waals surface area contributed by atoms with Crippen LogP contribution in [0.2, 0.25) is 0 Å². The third-order valence-electron chi connectivity index (χ3n) is 9.15. The van der Waals surface area contributed by atoms with Crippen LogP contribution in [0.5, 0.6) is 0 Å². The average molecular weight is 391 g/mol. The van der Waals surface area contributed by atoms with Gasteiger partial charge in [-0.15, -0.1) is 0 Å². The molecule has 1 aliphatic heterocycles. The highest BCUT2D eigenvalue weighted by Crippen LogP contribution is 2.62. The molecular formula is C24H38O4. The van der Waals surface area contributed by atoms with Gasteiger partial charge in [-0.3, -0.25) is 4.79 Å². The van der Waals surface area contributed by atoms with Crippen LogP contribution in [-0.2, 0) is 19.0 Å². The highest BCUT2D eigenvalue weighted by atomic mass is 16.8. The Morgan fingerprint density at radius 2 is 1.50 bits per heavy atom. The maximum absolute atomic E-state index is 13.5. The van der Waals surface area contributed by atoms with Crippen LogP contribution in [-0.4, -0.2) is 29.6 Å². The third kappa shape index (κ3) is 3.05. The highest BCUT2D eigenvalue weighted by molar-refractivity contribution is 5.75. The third-order valence-corrected chi connectivity index (χ3v) is 9.15. The number of hydrogen-bond donors (Lipinski definition) is 0. The fourth-order valence-electron chi connectivity index (χ4n) is 7.40. The Bertz CT molecular complexity index is 598. The molecule has 5 rings (SSSR count). The van der Waals surface area contributed by atoms with E-state index in [0.29, 0.717) is 18.4 Å². The van der Waals surface area contributed by atoms with Crippen LogP contribution in [0, 0.1) is 23.7 Å². The van der Waals surface area contributed by atoms with Crippen molar-refractivity contribution < 1.29 is 19.0 Å². The van der Waals surface area contributed by atoms with E-state index in [1.165, 1.54) is 38.5 Å². The van der Waals surface area contributed by atoms with Crippen LogP contribution in [0.1, 0.15) is 97.3 Å². The lowest BCUT2D eigenvalue weighted by Gasteiger charge is -2.40. The minimum Gasteiger partial charge on any atom is -0.459 e. The summed E-state index contributed by atoms with van der Waals surface area (Å²) in [5.41, 5.74) is -0.221. The molecule has 1 saturated heterocycles. The monoisotopic (exact) mass is 390 g/mol. The summed E-state index contributed by atoms with van der Waals surface area (Å²) in [6, 6.07) is 0. The SMILES string of the molecule is CCC1(OC(=O)C2C3CCC(C3)C2C2(OC3(CC)CCCC3)CO2)CCCC1. The van der Waals surface area contributed by atoms with Crippen molar-refractivity contribution in [2.24, 2.45) is 23.7 Å².